The van der Waals surface area contributed by atoms with E-state index in [1.807, 2.05) is 17.8 Å². The van der Waals surface area contributed by atoms with Crippen LogP contribution in [0.15, 0.2) is 11.4 Å². The summed E-state index contributed by atoms with van der Waals surface area (Å²) in [5, 5.41) is 13.9. The summed E-state index contributed by atoms with van der Waals surface area (Å²) >= 11 is 0. The molecule has 2 aromatic rings. The van der Waals surface area contributed by atoms with E-state index < -0.39 is 5.60 Å². The monoisotopic (exact) mass is 412 g/mol. The van der Waals surface area contributed by atoms with Crippen molar-refractivity contribution in [2.24, 2.45) is 16.8 Å². The van der Waals surface area contributed by atoms with Gasteiger partial charge < -0.3 is 20.6 Å². The van der Waals surface area contributed by atoms with Crippen LogP contribution >= 0.6 is 0 Å². The van der Waals surface area contributed by atoms with E-state index in [2.05, 4.69) is 22.5 Å². The molecule has 1 saturated carbocycles. The van der Waals surface area contributed by atoms with Crippen molar-refractivity contribution in [3.63, 3.8) is 0 Å². The van der Waals surface area contributed by atoms with E-state index in [0.717, 1.165) is 66.3 Å². The predicted octanol–water partition coefficient (Wildman–Crippen LogP) is 2.11. The lowest BCUT2D eigenvalue weighted by atomic mass is 9.68. The Labute approximate surface area is 175 Å². The number of ether oxygens (including phenoxy) is 1. The number of aromatic nitrogens is 3. The third-order valence-electron chi connectivity index (χ3n) is 6.59. The van der Waals surface area contributed by atoms with Crippen LogP contribution < -0.4 is 11.1 Å². The van der Waals surface area contributed by atoms with Crippen molar-refractivity contribution in [3.05, 3.63) is 17.5 Å². The summed E-state index contributed by atoms with van der Waals surface area (Å²) in [5.74, 6) is -0.379. The minimum Gasteiger partial charge on any atom is -0.388 e. The van der Waals surface area contributed by atoms with Gasteiger partial charge in [-0.05, 0) is 26.7 Å². The van der Waals surface area contributed by atoms with Gasteiger partial charge in [-0.2, -0.15) is 5.10 Å². The third kappa shape index (κ3) is 3.12. The summed E-state index contributed by atoms with van der Waals surface area (Å²) in [6, 6.07) is 0.326. The van der Waals surface area contributed by atoms with Crippen molar-refractivity contribution in [1.29, 1.82) is 0 Å². The first kappa shape index (κ1) is 19.3. The smallest absolute Gasteiger partial charge is 0.220 e. The summed E-state index contributed by atoms with van der Waals surface area (Å²) in [7, 11) is 0. The van der Waals surface area contributed by atoms with Crippen molar-refractivity contribution in [2.75, 3.05) is 18.5 Å². The number of hydrogen-bond acceptors (Lipinski definition) is 7. The molecule has 0 radical (unpaired) electrons. The molecule has 2 aromatic heterocycles. The van der Waals surface area contributed by atoms with E-state index in [-0.39, 0.29) is 11.8 Å². The first-order valence-corrected chi connectivity index (χ1v) is 10.7. The van der Waals surface area contributed by atoms with Crippen LogP contribution in [0.25, 0.3) is 11.0 Å². The number of anilines is 1. The average Bonchev–Trinajstić information content (AvgIpc) is 3.30. The standard InChI is InChI=1S/C21H28N6O3/c1-3-27-20-17(12(2)25-27)18(24-14-4-6-29-7-5-14)15(11-23-20)16-10-21(30-26-16)8-13(9-21)19(22)28/h11,13-14H,3-10H2,1-2H3,(H2,22,28)(H,23,24). The zero-order valence-corrected chi connectivity index (χ0v) is 17.5. The van der Waals surface area contributed by atoms with Crippen LogP contribution in [0.2, 0.25) is 0 Å². The highest BCUT2D eigenvalue weighted by atomic mass is 16.7. The molecule has 0 unspecified atom stereocenters. The first-order chi connectivity index (χ1) is 14.5. The first-order valence-electron chi connectivity index (χ1n) is 10.7. The number of carbonyl (C=O) groups excluding carboxylic acids is 1. The molecule has 5 rings (SSSR count). The van der Waals surface area contributed by atoms with E-state index in [1.54, 1.807) is 0 Å². The van der Waals surface area contributed by atoms with E-state index in [1.165, 1.54) is 0 Å². The SMILES string of the molecule is CCn1nc(C)c2c(NC3CCOCC3)c(C3=NOC4(C3)CC(C(N)=O)C4)cnc21. The number of aryl methyl sites for hydroxylation is 2. The molecule has 0 atom stereocenters. The Morgan fingerprint density at radius 3 is 2.83 bits per heavy atom. The molecule has 0 bridgehead atoms. The molecule has 1 aliphatic carbocycles. The number of nitrogens with zero attached hydrogens (tertiary/aromatic N) is 4. The number of hydrogen-bond donors (Lipinski definition) is 2. The van der Waals surface area contributed by atoms with Gasteiger partial charge in [0.2, 0.25) is 5.91 Å². The Hall–Kier alpha value is -2.68. The third-order valence-corrected chi connectivity index (χ3v) is 6.59. The molecule has 3 N–H and O–H groups in total. The van der Waals surface area contributed by atoms with E-state index >= 15 is 0 Å². The van der Waals surface area contributed by atoms with Crippen LogP contribution in [0.1, 0.15) is 50.3 Å². The van der Waals surface area contributed by atoms with Gasteiger partial charge in [0, 0.05) is 62.7 Å². The second kappa shape index (κ2) is 7.23. The summed E-state index contributed by atoms with van der Waals surface area (Å²) in [6.45, 7) is 6.37. The number of amides is 1. The molecular formula is C21H28N6O3. The minimum absolute atomic E-state index is 0.120. The summed E-state index contributed by atoms with van der Waals surface area (Å²) in [6.07, 6.45) is 5.70. The zero-order valence-electron chi connectivity index (χ0n) is 17.5. The largest absolute Gasteiger partial charge is 0.388 e. The van der Waals surface area contributed by atoms with Crippen molar-refractivity contribution < 1.29 is 14.4 Å². The maximum atomic E-state index is 11.5. The van der Waals surface area contributed by atoms with Gasteiger partial charge in [-0.25, -0.2) is 9.67 Å². The summed E-state index contributed by atoms with van der Waals surface area (Å²) in [4.78, 5) is 22.0. The van der Waals surface area contributed by atoms with E-state index in [4.69, 9.17) is 20.3 Å². The summed E-state index contributed by atoms with van der Waals surface area (Å²) in [5.41, 5.74) is 9.71. The molecule has 1 saturated heterocycles. The fourth-order valence-corrected chi connectivity index (χ4v) is 4.88. The molecule has 1 spiro atoms. The minimum atomic E-state index is -0.400. The highest BCUT2D eigenvalue weighted by molar-refractivity contribution is 6.11. The van der Waals surface area contributed by atoms with Gasteiger partial charge in [-0.15, -0.1) is 0 Å². The Kier molecular flexibility index (Phi) is 4.65. The lowest BCUT2D eigenvalue weighted by Gasteiger charge is -2.40. The second-order valence-electron chi connectivity index (χ2n) is 8.67. The molecule has 30 heavy (non-hydrogen) atoms. The topological polar surface area (TPSA) is 117 Å². The van der Waals surface area contributed by atoms with Crippen LogP contribution in [0.4, 0.5) is 5.69 Å². The Morgan fingerprint density at radius 2 is 2.13 bits per heavy atom. The Morgan fingerprint density at radius 1 is 1.37 bits per heavy atom. The van der Waals surface area contributed by atoms with Crippen molar-refractivity contribution in [3.8, 4) is 0 Å². The molecule has 9 heteroatoms. The molecule has 1 amide bonds. The maximum Gasteiger partial charge on any atom is 0.220 e. The van der Waals surface area contributed by atoms with Crippen LogP contribution in [0.5, 0.6) is 0 Å². The number of carbonyl (C=O) groups is 1. The molecule has 2 aliphatic heterocycles. The fraction of sp³-hybridized carbons (Fsp3) is 0.619. The predicted molar refractivity (Wildman–Crippen MR) is 112 cm³/mol. The zero-order chi connectivity index (χ0) is 20.9. The Bertz CT molecular complexity index is 1020. The number of nitrogens with one attached hydrogen (secondary N) is 1. The highest BCUT2D eigenvalue weighted by Crippen LogP contribution is 2.48. The lowest BCUT2D eigenvalue weighted by molar-refractivity contribution is -0.144. The average molecular weight is 412 g/mol. The number of oxime groups is 1. The molecule has 0 aromatic carbocycles. The van der Waals surface area contributed by atoms with Crippen molar-refractivity contribution >= 4 is 28.3 Å². The van der Waals surface area contributed by atoms with E-state index in [9.17, 15) is 4.79 Å². The van der Waals surface area contributed by atoms with Crippen LogP contribution in [-0.4, -0.2) is 51.2 Å². The number of fused-ring (bicyclic) bond motifs is 1. The van der Waals surface area contributed by atoms with Gasteiger partial charge in [0.1, 0.15) is 5.60 Å². The van der Waals surface area contributed by atoms with Crippen LogP contribution in [0.3, 0.4) is 0 Å². The quantitative estimate of drug-likeness (QED) is 0.777. The van der Waals surface area contributed by atoms with Gasteiger partial charge >= 0.3 is 0 Å². The van der Waals surface area contributed by atoms with Crippen molar-refractivity contribution in [1.82, 2.24) is 14.8 Å². The maximum absolute atomic E-state index is 11.5. The molecule has 160 valence electrons. The van der Waals surface area contributed by atoms with Crippen molar-refractivity contribution in [2.45, 2.75) is 64.1 Å². The lowest BCUT2D eigenvalue weighted by Crippen LogP contribution is -2.49. The van der Waals surface area contributed by atoms with Gasteiger partial charge in [-0.1, -0.05) is 5.16 Å². The highest BCUT2D eigenvalue weighted by Gasteiger charge is 2.53. The van der Waals surface area contributed by atoms with Gasteiger partial charge in [-0.3, -0.25) is 4.79 Å². The normalized spacial score (nSPS) is 26.5. The van der Waals surface area contributed by atoms with E-state index in [0.29, 0.717) is 25.3 Å². The van der Waals surface area contributed by atoms with Gasteiger partial charge in [0.05, 0.1) is 22.5 Å². The van der Waals surface area contributed by atoms with Gasteiger partial charge in [0.15, 0.2) is 5.65 Å². The number of pyridine rings is 1. The molecule has 3 aliphatic rings. The van der Waals surface area contributed by atoms with Crippen LogP contribution in [-0.2, 0) is 20.9 Å². The molecule has 4 heterocycles. The molecule has 9 nitrogen and oxygen atoms in total. The second-order valence-corrected chi connectivity index (χ2v) is 8.67. The summed E-state index contributed by atoms with van der Waals surface area (Å²) < 4.78 is 7.46. The fourth-order valence-electron chi connectivity index (χ4n) is 4.88. The van der Waals surface area contributed by atoms with Crippen LogP contribution in [0, 0.1) is 12.8 Å². The Balaban J connectivity index is 1.51. The molecule has 2 fully saturated rings. The number of primary amides is 1. The van der Waals surface area contributed by atoms with Gasteiger partial charge in [0.25, 0.3) is 0 Å². The molecular weight excluding hydrogens is 384 g/mol. The number of nitrogens with two attached hydrogens (primary N) is 1. The number of rotatable bonds is 5.